The second-order valence-corrected chi connectivity index (χ2v) is 4.00. The third-order valence-corrected chi connectivity index (χ3v) is 2.72. The van der Waals surface area contributed by atoms with Gasteiger partial charge in [0.2, 0.25) is 0 Å². The third-order valence-electron chi connectivity index (χ3n) is 2.72. The summed E-state index contributed by atoms with van der Waals surface area (Å²) in [5.41, 5.74) is 3.88. The fraction of sp³-hybridized carbons (Fsp3) is 0.167. The standard InChI is InChI=1S/C12H9F4N3O2/c1-21-11(20)9-10(17)19(5-18-9)6-2-3-8(13)7(4-6)12(14,15)16/h2-5H,17H2,1H3. The van der Waals surface area contributed by atoms with E-state index in [2.05, 4.69) is 9.72 Å². The average molecular weight is 303 g/mol. The predicted octanol–water partition coefficient (Wildman–Crippen LogP) is 2.40. The summed E-state index contributed by atoms with van der Waals surface area (Å²) in [4.78, 5) is 15.0. The second kappa shape index (κ2) is 5.08. The number of hydrogen-bond donors (Lipinski definition) is 1. The van der Waals surface area contributed by atoms with Crippen molar-refractivity contribution in [3.63, 3.8) is 0 Å². The minimum Gasteiger partial charge on any atom is -0.464 e. The maximum Gasteiger partial charge on any atom is 0.419 e. The molecule has 0 spiro atoms. The molecule has 0 unspecified atom stereocenters. The molecular formula is C12H9F4N3O2. The van der Waals surface area contributed by atoms with Gasteiger partial charge in [0.1, 0.15) is 18.0 Å². The average Bonchev–Trinajstić information content (AvgIpc) is 2.79. The number of nitrogens with two attached hydrogens (primary N) is 1. The molecule has 9 heteroatoms. The van der Waals surface area contributed by atoms with Crippen molar-refractivity contribution in [2.45, 2.75) is 6.18 Å². The number of aromatic nitrogens is 2. The number of methoxy groups -OCH3 is 1. The molecule has 0 radical (unpaired) electrons. The third kappa shape index (κ3) is 2.67. The Hall–Kier alpha value is -2.58. The van der Waals surface area contributed by atoms with Gasteiger partial charge in [-0.2, -0.15) is 13.2 Å². The summed E-state index contributed by atoms with van der Waals surface area (Å²) in [5.74, 6) is -2.44. The lowest BCUT2D eigenvalue weighted by molar-refractivity contribution is -0.140. The molecule has 1 aromatic carbocycles. The van der Waals surface area contributed by atoms with Gasteiger partial charge in [-0.25, -0.2) is 14.2 Å². The zero-order valence-electron chi connectivity index (χ0n) is 10.6. The molecule has 0 saturated heterocycles. The molecule has 0 aliphatic carbocycles. The molecule has 0 aliphatic rings. The first-order chi connectivity index (χ1) is 9.75. The van der Waals surface area contributed by atoms with Gasteiger partial charge >= 0.3 is 12.1 Å². The Morgan fingerprint density at radius 2 is 2.05 bits per heavy atom. The first-order valence-electron chi connectivity index (χ1n) is 5.54. The normalized spacial score (nSPS) is 11.5. The van der Waals surface area contributed by atoms with Gasteiger partial charge in [0.25, 0.3) is 0 Å². The second-order valence-electron chi connectivity index (χ2n) is 4.00. The van der Waals surface area contributed by atoms with Gasteiger partial charge in [0.05, 0.1) is 12.7 Å². The van der Waals surface area contributed by atoms with Crippen molar-refractivity contribution in [2.24, 2.45) is 0 Å². The van der Waals surface area contributed by atoms with Crippen molar-refractivity contribution >= 4 is 11.8 Å². The van der Waals surface area contributed by atoms with Crippen molar-refractivity contribution in [1.29, 1.82) is 0 Å². The van der Waals surface area contributed by atoms with Gasteiger partial charge in [-0.1, -0.05) is 0 Å². The van der Waals surface area contributed by atoms with Crippen LogP contribution in [0.15, 0.2) is 24.5 Å². The maximum absolute atomic E-state index is 13.2. The molecule has 5 nitrogen and oxygen atoms in total. The van der Waals surface area contributed by atoms with Crippen LogP contribution in [0, 0.1) is 5.82 Å². The number of rotatable bonds is 2. The Morgan fingerprint density at radius 3 is 2.62 bits per heavy atom. The summed E-state index contributed by atoms with van der Waals surface area (Å²) in [6.45, 7) is 0. The molecule has 0 aliphatic heterocycles. The van der Waals surface area contributed by atoms with E-state index in [1.165, 1.54) is 0 Å². The Kier molecular flexibility index (Phi) is 3.58. The van der Waals surface area contributed by atoms with Crippen LogP contribution in [0.3, 0.4) is 0 Å². The highest BCUT2D eigenvalue weighted by Gasteiger charge is 2.34. The molecule has 0 saturated carbocycles. The van der Waals surface area contributed by atoms with E-state index in [1.807, 2.05) is 0 Å². The van der Waals surface area contributed by atoms with Gasteiger partial charge in [-0.15, -0.1) is 0 Å². The van der Waals surface area contributed by atoms with E-state index in [1.54, 1.807) is 0 Å². The molecule has 0 atom stereocenters. The topological polar surface area (TPSA) is 70.1 Å². The molecule has 0 fully saturated rings. The minimum absolute atomic E-state index is 0.0797. The SMILES string of the molecule is COC(=O)c1ncn(-c2ccc(F)c(C(F)(F)F)c2)c1N. The fourth-order valence-electron chi connectivity index (χ4n) is 1.70. The Labute approximate surface area is 115 Å². The largest absolute Gasteiger partial charge is 0.464 e. The predicted molar refractivity (Wildman–Crippen MR) is 64.3 cm³/mol. The number of halogens is 4. The number of carbonyl (C=O) groups is 1. The van der Waals surface area contributed by atoms with Crippen LogP contribution < -0.4 is 5.73 Å². The lowest BCUT2D eigenvalue weighted by atomic mass is 10.2. The van der Waals surface area contributed by atoms with E-state index in [-0.39, 0.29) is 17.2 Å². The van der Waals surface area contributed by atoms with E-state index < -0.39 is 23.5 Å². The Morgan fingerprint density at radius 1 is 1.38 bits per heavy atom. The van der Waals surface area contributed by atoms with Crippen LogP contribution in [-0.4, -0.2) is 22.6 Å². The van der Waals surface area contributed by atoms with Crippen LogP contribution in [-0.2, 0) is 10.9 Å². The van der Waals surface area contributed by atoms with Gasteiger partial charge in [-0.3, -0.25) is 4.57 Å². The quantitative estimate of drug-likeness (QED) is 0.683. The number of hydrogen-bond acceptors (Lipinski definition) is 4. The summed E-state index contributed by atoms with van der Waals surface area (Å²) >= 11 is 0. The fourth-order valence-corrected chi connectivity index (χ4v) is 1.70. The van der Waals surface area contributed by atoms with E-state index >= 15 is 0 Å². The highest BCUT2D eigenvalue weighted by molar-refractivity contribution is 5.92. The first-order valence-corrected chi connectivity index (χ1v) is 5.54. The van der Waals surface area contributed by atoms with Crippen LogP contribution in [0.5, 0.6) is 0 Å². The summed E-state index contributed by atoms with van der Waals surface area (Å²) in [6.07, 6.45) is -3.80. The van der Waals surface area contributed by atoms with Crippen LogP contribution >= 0.6 is 0 Å². The number of nitrogen functional groups attached to an aromatic ring is 1. The molecule has 0 bridgehead atoms. The molecule has 0 amide bonds. The molecule has 2 rings (SSSR count). The molecule has 112 valence electrons. The summed E-state index contributed by atoms with van der Waals surface area (Å²) in [6, 6.07) is 2.33. The zero-order chi connectivity index (χ0) is 15.8. The summed E-state index contributed by atoms with van der Waals surface area (Å²) in [5, 5.41) is 0. The van der Waals surface area contributed by atoms with Crippen molar-refractivity contribution < 1.29 is 27.1 Å². The van der Waals surface area contributed by atoms with Crippen LogP contribution in [0.25, 0.3) is 5.69 Å². The number of carbonyl (C=O) groups excluding carboxylic acids is 1. The Balaban J connectivity index is 2.54. The highest BCUT2D eigenvalue weighted by atomic mass is 19.4. The monoisotopic (exact) mass is 303 g/mol. The maximum atomic E-state index is 13.2. The number of nitrogens with zero attached hydrogens (tertiary/aromatic N) is 2. The van der Waals surface area contributed by atoms with Gasteiger partial charge in [0, 0.05) is 5.69 Å². The molecule has 2 N–H and O–H groups in total. The molecule has 21 heavy (non-hydrogen) atoms. The van der Waals surface area contributed by atoms with Crippen molar-refractivity contribution in [1.82, 2.24) is 9.55 Å². The van der Waals surface area contributed by atoms with E-state index in [4.69, 9.17) is 5.73 Å². The smallest absolute Gasteiger partial charge is 0.419 e. The highest BCUT2D eigenvalue weighted by Crippen LogP contribution is 2.33. The molecule has 2 aromatic rings. The molecule has 1 aromatic heterocycles. The van der Waals surface area contributed by atoms with Gasteiger partial charge < -0.3 is 10.5 Å². The van der Waals surface area contributed by atoms with E-state index in [0.29, 0.717) is 12.1 Å². The lowest BCUT2D eigenvalue weighted by Gasteiger charge is -2.11. The Bertz CT molecular complexity index is 694. The number of benzene rings is 1. The first kappa shape index (κ1) is 14.8. The van der Waals surface area contributed by atoms with Crippen molar-refractivity contribution in [3.8, 4) is 5.69 Å². The van der Waals surface area contributed by atoms with Crippen molar-refractivity contribution in [2.75, 3.05) is 12.8 Å². The number of imidazole rings is 1. The van der Waals surface area contributed by atoms with Gasteiger partial charge in [0.15, 0.2) is 5.69 Å². The summed E-state index contributed by atoms with van der Waals surface area (Å²) < 4.78 is 56.7. The van der Waals surface area contributed by atoms with Crippen LogP contribution in [0.4, 0.5) is 23.4 Å². The molecular weight excluding hydrogens is 294 g/mol. The zero-order valence-corrected chi connectivity index (χ0v) is 10.6. The van der Waals surface area contributed by atoms with Crippen LogP contribution in [0.2, 0.25) is 0 Å². The number of ether oxygens (including phenoxy) is 1. The molecule has 1 heterocycles. The van der Waals surface area contributed by atoms with Crippen molar-refractivity contribution in [3.05, 3.63) is 41.6 Å². The minimum atomic E-state index is -4.85. The lowest BCUT2D eigenvalue weighted by Crippen LogP contribution is -2.11. The number of esters is 1. The van der Waals surface area contributed by atoms with E-state index in [0.717, 1.165) is 24.1 Å². The van der Waals surface area contributed by atoms with E-state index in [9.17, 15) is 22.4 Å². The van der Waals surface area contributed by atoms with Gasteiger partial charge in [-0.05, 0) is 18.2 Å². The number of alkyl halides is 3. The van der Waals surface area contributed by atoms with Crippen LogP contribution in [0.1, 0.15) is 16.1 Å². The summed E-state index contributed by atoms with van der Waals surface area (Å²) in [7, 11) is 1.11. The number of anilines is 1.